The summed E-state index contributed by atoms with van der Waals surface area (Å²) in [6.07, 6.45) is 4.32. The van der Waals surface area contributed by atoms with Gasteiger partial charge in [0.05, 0.1) is 12.7 Å². The number of fused-ring (bicyclic) bond motifs is 2. The Labute approximate surface area is 103 Å². The second-order valence-electron chi connectivity index (χ2n) is 5.91. The second-order valence-corrected chi connectivity index (χ2v) is 6.79. The molecule has 3 heteroatoms. The highest BCUT2D eigenvalue weighted by molar-refractivity contribution is 8.03. The van der Waals surface area contributed by atoms with Crippen molar-refractivity contribution in [3.8, 4) is 5.40 Å². The summed E-state index contributed by atoms with van der Waals surface area (Å²) >= 11 is 1.29. The Balaban J connectivity index is 1.92. The van der Waals surface area contributed by atoms with Gasteiger partial charge in [-0.15, -0.1) is 0 Å². The standard InChI is InChI=1S/C13H21NOS/c1-12(2)10-4-5-13(12,3)11(8-10)15-6-7-16-9-14/h10-11H,4-8H2,1-3H3/t10-,11-,13-/m1/s1. The van der Waals surface area contributed by atoms with Gasteiger partial charge in [0.1, 0.15) is 5.40 Å². The van der Waals surface area contributed by atoms with E-state index in [-0.39, 0.29) is 0 Å². The lowest BCUT2D eigenvalue weighted by atomic mass is 9.70. The lowest BCUT2D eigenvalue weighted by Crippen LogP contribution is -2.37. The maximum absolute atomic E-state index is 8.45. The summed E-state index contributed by atoms with van der Waals surface area (Å²) in [6, 6.07) is 0. The SMILES string of the molecule is CC1(C)[C@@H]2CC[C@]1(C)[C@H](OCCSC#N)C2. The third kappa shape index (κ3) is 1.67. The van der Waals surface area contributed by atoms with Crippen molar-refractivity contribution in [3.63, 3.8) is 0 Å². The van der Waals surface area contributed by atoms with E-state index < -0.39 is 0 Å². The zero-order valence-electron chi connectivity index (χ0n) is 10.5. The second kappa shape index (κ2) is 4.23. The smallest absolute Gasteiger partial charge is 0.133 e. The van der Waals surface area contributed by atoms with Crippen LogP contribution in [0.5, 0.6) is 0 Å². The van der Waals surface area contributed by atoms with Gasteiger partial charge >= 0.3 is 0 Å². The lowest BCUT2D eigenvalue weighted by molar-refractivity contribution is -0.0402. The van der Waals surface area contributed by atoms with Crippen LogP contribution in [0.3, 0.4) is 0 Å². The fraction of sp³-hybridized carbons (Fsp3) is 0.923. The van der Waals surface area contributed by atoms with E-state index in [9.17, 15) is 0 Å². The number of thioether (sulfide) groups is 1. The maximum Gasteiger partial charge on any atom is 0.133 e. The van der Waals surface area contributed by atoms with Crippen molar-refractivity contribution < 1.29 is 4.74 Å². The Bertz CT molecular complexity index is 310. The molecule has 0 radical (unpaired) electrons. The van der Waals surface area contributed by atoms with Gasteiger partial charge in [-0.05, 0) is 47.8 Å². The van der Waals surface area contributed by atoms with Gasteiger partial charge in [0, 0.05) is 5.75 Å². The summed E-state index contributed by atoms with van der Waals surface area (Å²) in [5.41, 5.74) is 0.787. The average Bonchev–Trinajstić information content (AvgIpc) is 2.57. The number of rotatable bonds is 4. The van der Waals surface area contributed by atoms with Gasteiger partial charge in [0.2, 0.25) is 0 Å². The van der Waals surface area contributed by atoms with E-state index >= 15 is 0 Å². The fourth-order valence-electron chi connectivity index (χ4n) is 3.66. The van der Waals surface area contributed by atoms with Gasteiger partial charge in [-0.2, -0.15) is 5.26 Å². The highest BCUT2D eigenvalue weighted by Crippen LogP contribution is 2.66. The minimum atomic E-state index is 0.356. The molecule has 2 bridgehead atoms. The molecule has 0 amide bonds. The molecule has 0 heterocycles. The molecule has 2 nitrogen and oxygen atoms in total. The van der Waals surface area contributed by atoms with E-state index in [0.29, 0.717) is 16.9 Å². The predicted molar refractivity (Wildman–Crippen MR) is 67.0 cm³/mol. The van der Waals surface area contributed by atoms with E-state index in [2.05, 4.69) is 26.2 Å². The summed E-state index contributed by atoms with van der Waals surface area (Å²) in [6.45, 7) is 7.92. The van der Waals surface area contributed by atoms with Gasteiger partial charge < -0.3 is 4.74 Å². The molecule has 2 aliphatic carbocycles. The first-order valence-corrected chi connectivity index (χ1v) is 7.13. The first kappa shape index (κ1) is 12.3. The molecule has 0 saturated heterocycles. The Morgan fingerprint density at radius 3 is 2.69 bits per heavy atom. The minimum Gasteiger partial charge on any atom is -0.377 e. The van der Waals surface area contributed by atoms with E-state index in [1.54, 1.807) is 0 Å². The Kier molecular flexibility index (Phi) is 3.25. The van der Waals surface area contributed by atoms with Crippen molar-refractivity contribution in [2.45, 2.75) is 46.1 Å². The van der Waals surface area contributed by atoms with Crippen LogP contribution in [0.25, 0.3) is 0 Å². The Morgan fingerprint density at radius 2 is 2.19 bits per heavy atom. The van der Waals surface area contributed by atoms with Crippen molar-refractivity contribution in [1.29, 1.82) is 5.26 Å². The number of hydrogen-bond acceptors (Lipinski definition) is 3. The topological polar surface area (TPSA) is 33.0 Å². The highest BCUT2D eigenvalue weighted by atomic mass is 32.2. The zero-order chi connectivity index (χ0) is 11.8. The fourth-order valence-corrected chi connectivity index (χ4v) is 3.93. The van der Waals surface area contributed by atoms with Crippen LogP contribution < -0.4 is 0 Å². The van der Waals surface area contributed by atoms with Gasteiger partial charge in [-0.25, -0.2) is 0 Å². The summed E-state index contributed by atoms with van der Waals surface area (Å²) in [4.78, 5) is 0. The molecule has 0 spiro atoms. The molecule has 90 valence electrons. The van der Waals surface area contributed by atoms with Crippen LogP contribution in [-0.4, -0.2) is 18.5 Å². The average molecular weight is 239 g/mol. The molecular formula is C13H21NOS. The summed E-state index contributed by atoms with van der Waals surface area (Å²) in [7, 11) is 0. The number of nitriles is 1. The van der Waals surface area contributed by atoms with Crippen LogP contribution in [0, 0.1) is 27.4 Å². The normalized spacial score (nSPS) is 39.9. The molecule has 0 aromatic rings. The first-order chi connectivity index (χ1) is 7.52. The van der Waals surface area contributed by atoms with Crippen molar-refractivity contribution in [2.24, 2.45) is 16.7 Å². The molecule has 2 fully saturated rings. The van der Waals surface area contributed by atoms with Gasteiger partial charge in [-0.3, -0.25) is 0 Å². The molecule has 16 heavy (non-hydrogen) atoms. The van der Waals surface area contributed by atoms with Crippen LogP contribution >= 0.6 is 11.8 Å². The van der Waals surface area contributed by atoms with Crippen LogP contribution in [0.2, 0.25) is 0 Å². The first-order valence-electron chi connectivity index (χ1n) is 6.15. The molecule has 3 atom stereocenters. The maximum atomic E-state index is 8.45. The molecule has 0 aromatic heterocycles. The van der Waals surface area contributed by atoms with Crippen molar-refractivity contribution in [2.75, 3.05) is 12.4 Å². The zero-order valence-corrected chi connectivity index (χ0v) is 11.3. The molecule has 0 aliphatic heterocycles. The van der Waals surface area contributed by atoms with Crippen LogP contribution in [0.1, 0.15) is 40.0 Å². The van der Waals surface area contributed by atoms with Crippen molar-refractivity contribution in [1.82, 2.24) is 0 Å². The van der Waals surface area contributed by atoms with E-state index in [4.69, 9.17) is 10.00 Å². The van der Waals surface area contributed by atoms with Gasteiger partial charge in [0.15, 0.2) is 0 Å². The van der Waals surface area contributed by atoms with Gasteiger partial charge in [0.25, 0.3) is 0 Å². The molecule has 0 unspecified atom stereocenters. The molecule has 2 aliphatic rings. The molecular weight excluding hydrogens is 218 g/mol. The lowest BCUT2D eigenvalue weighted by Gasteiger charge is -2.38. The summed E-state index contributed by atoms with van der Waals surface area (Å²) < 4.78 is 6.01. The third-order valence-corrected chi connectivity index (χ3v) is 5.78. The van der Waals surface area contributed by atoms with E-state index in [1.807, 2.05) is 0 Å². The molecule has 2 rings (SSSR count). The van der Waals surface area contributed by atoms with Crippen LogP contribution in [0.4, 0.5) is 0 Å². The van der Waals surface area contributed by atoms with Gasteiger partial charge in [-0.1, -0.05) is 20.8 Å². The van der Waals surface area contributed by atoms with Crippen LogP contribution in [-0.2, 0) is 4.74 Å². The summed E-state index contributed by atoms with van der Waals surface area (Å²) in [5, 5.41) is 10.5. The molecule has 0 N–H and O–H groups in total. The van der Waals surface area contributed by atoms with E-state index in [0.717, 1.165) is 18.3 Å². The highest BCUT2D eigenvalue weighted by Gasteiger charge is 2.61. The number of thiocyanates is 1. The Hall–Kier alpha value is -0.200. The third-order valence-electron chi connectivity index (χ3n) is 5.28. The van der Waals surface area contributed by atoms with Crippen molar-refractivity contribution in [3.05, 3.63) is 0 Å². The minimum absolute atomic E-state index is 0.356. The molecule has 2 saturated carbocycles. The summed E-state index contributed by atoms with van der Waals surface area (Å²) in [5.74, 6) is 1.64. The van der Waals surface area contributed by atoms with E-state index in [1.165, 1.54) is 31.0 Å². The largest absolute Gasteiger partial charge is 0.377 e. The number of nitrogens with zero attached hydrogens (tertiary/aromatic N) is 1. The monoisotopic (exact) mass is 239 g/mol. The van der Waals surface area contributed by atoms with Crippen molar-refractivity contribution >= 4 is 11.8 Å². The Morgan fingerprint density at radius 1 is 1.44 bits per heavy atom. The number of ether oxygens (including phenoxy) is 1. The quantitative estimate of drug-likeness (QED) is 0.556. The predicted octanol–water partition coefficient (Wildman–Crippen LogP) is 3.43. The number of hydrogen-bond donors (Lipinski definition) is 0. The molecule has 0 aromatic carbocycles. The van der Waals surface area contributed by atoms with Crippen LogP contribution in [0.15, 0.2) is 0 Å².